The van der Waals surface area contributed by atoms with E-state index in [1.54, 1.807) is 24.5 Å². The largest absolute Gasteiger partial charge is 0.353 e. The van der Waals surface area contributed by atoms with Crippen LogP contribution in [0.25, 0.3) is 0 Å². The number of nitrogens with one attached hydrogen (secondary N) is 1. The molecule has 1 N–H and O–H groups in total. The van der Waals surface area contributed by atoms with E-state index in [2.05, 4.69) is 20.2 Å². The Balaban J connectivity index is 1.62. The molecular formula is C16H17ClN4OS2. The van der Waals surface area contributed by atoms with Gasteiger partial charge in [0.25, 0.3) is 0 Å². The molecule has 1 aromatic heterocycles. The fourth-order valence-electron chi connectivity index (χ4n) is 2.29. The van der Waals surface area contributed by atoms with Crippen LogP contribution in [0.15, 0.2) is 41.7 Å². The SMILES string of the molecule is O=C(CSc1nccnc1N1CCSCC1)Nc1ccccc1Cl. The average Bonchev–Trinajstić information content (AvgIpc) is 2.63. The van der Waals surface area contributed by atoms with Crippen LogP contribution in [0.2, 0.25) is 5.02 Å². The second-order valence-electron chi connectivity index (χ2n) is 5.10. The summed E-state index contributed by atoms with van der Waals surface area (Å²) in [6.07, 6.45) is 3.36. The molecule has 8 heteroatoms. The van der Waals surface area contributed by atoms with Gasteiger partial charge in [0.05, 0.1) is 16.5 Å². The van der Waals surface area contributed by atoms with Gasteiger partial charge in [-0.3, -0.25) is 4.79 Å². The van der Waals surface area contributed by atoms with Crippen molar-refractivity contribution in [3.63, 3.8) is 0 Å². The Labute approximate surface area is 154 Å². The number of rotatable bonds is 5. The molecule has 0 atom stereocenters. The van der Waals surface area contributed by atoms with E-state index in [4.69, 9.17) is 11.6 Å². The normalized spacial score (nSPS) is 14.5. The summed E-state index contributed by atoms with van der Waals surface area (Å²) in [4.78, 5) is 23.3. The summed E-state index contributed by atoms with van der Waals surface area (Å²) in [5, 5.41) is 4.14. The number of carbonyl (C=O) groups excluding carboxylic acids is 1. The molecule has 0 unspecified atom stereocenters. The van der Waals surface area contributed by atoms with Crippen molar-refractivity contribution in [2.45, 2.75) is 5.03 Å². The number of hydrogen-bond donors (Lipinski definition) is 1. The molecule has 0 spiro atoms. The minimum atomic E-state index is -0.112. The van der Waals surface area contributed by atoms with Crippen LogP contribution in [0.1, 0.15) is 0 Å². The molecule has 0 saturated carbocycles. The van der Waals surface area contributed by atoms with Crippen LogP contribution in [-0.2, 0) is 4.79 Å². The monoisotopic (exact) mass is 380 g/mol. The van der Waals surface area contributed by atoms with Crippen LogP contribution in [0.4, 0.5) is 11.5 Å². The molecule has 1 aliphatic heterocycles. The summed E-state index contributed by atoms with van der Waals surface area (Å²) < 4.78 is 0. The smallest absolute Gasteiger partial charge is 0.234 e. The molecule has 1 aliphatic rings. The van der Waals surface area contributed by atoms with Gasteiger partial charge >= 0.3 is 0 Å². The van der Waals surface area contributed by atoms with Crippen molar-refractivity contribution in [2.75, 3.05) is 40.6 Å². The lowest BCUT2D eigenvalue weighted by atomic mass is 10.3. The van der Waals surface area contributed by atoms with Crippen LogP contribution >= 0.6 is 35.1 Å². The quantitative estimate of drug-likeness (QED) is 0.802. The lowest BCUT2D eigenvalue weighted by Gasteiger charge is -2.28. The number of halogens is 1. The fourth-order valence-corrected chi connectivity index (χ4v) is 4.17. The third kappa shape index (κ3) is 4.55. The van der Waals surface area contributed by atoms with Gasteiger partial charge in [0.15, 0.2) is 5.82 Å². The fraction of sp³-hybridized carbons (Fsp3) is 0.312. The Kier molecular flexibility index (Phi) is 6.23. The standard InChI is InChI=1S/C16H17ClN4OS2/c17-12-3-1-2-4-13(12)20-14(22)11-24-16-15(18-5-6-19-16)21-7-9-23-10-8-21/h1-6H,7-11H2,(H,20,22). The predicted octanol–water partition coefficient (Wildman–Crippen LogP) is 3.41. The van der Waals surface area contributed by atoms with Crippen LogP contribution in [0.3, 0.4) is 0 Å². The Morgan fingerprint density at radius 1 is 1.25 bits per heavy atom. The van der Waals surface area contributed by atoms with E-state index in [0.29, 0.717) is 10.7 Å². The Morgan fingerprint density at radius 3 is 2.79 bits per heavy atom. The molecule has 2 aromatic rings. The molecule has 0 bridgehead atoms. The molecule has 0 aliphatic carbocycles. The molecule has 3 rings (SSSR count). The number of anilines is 2. The number of hydrogen-bond acceptors (Lipinski definition) is 6. The average molecular weight is 381 g/mol. The highest BCUT2D eigenvalue weighted by atomic mass is 35.5. The summed E-state index contributed by atoms with van der Waals surface area (Å²) >= 11 is 9.40. The number of carbonyl (C=O) groups is 1. The first-order valence-corrected chi connectivity index (χ1v) is 10.1. The molecule has 5 nitrogen and oxygen atoms in total. The molecule has 126 valence electrons. The molecule has 24 heavy (non-hydrogen) atoms. The molecule has 0 radical (unpaired) electrons. The van der Waals surface area contributed by atoms with Gasteiger partial charge in [-0.15, -0.1) is 0 Å². The molecule has 1 fully saturated rings. The number of para-hydroxylation sites is 1. The van der Waals surface area contributed by atoms with Gasteiger partial charge in [0.1, 0.15) is 5.03 Å². The maximum Gasteiger partial charge on any atom is 0.234 e. The first kappa shape index (κ1) is 17.4. The van der Waals surface area contributed by atoms with Crippen molar-refractivity contribution in [1.29, 1.82) is 0 Å². The van der Waals surface area contributed by atoms with Gasteiger partial charge in [0.2, 0.25) is 5.91 Å². The maximum atomic E-state index is 12.2. The summed E-state index contributed by atoms with van der Waals surface area (Å²) in [7, 11) is 0. The van der Waals surface area contributed by atoms with Crippen LogP contribution < -0.4 is 10.2 Å². The minimum Gasteiger partial charge on any atom is -0.353 e. The van der Waals surface area contributed by atoms with Gasteiger partial charge in [-0.05, 0) is 12.1 Å². The van der Waals surface area contributed by atoms with Crippen LogP contribution in [0, 0.1) is 0 Å². The molecule has 2 heterocycles. The molecule has 1 aromatic carbocycles. The zero-order chi connectivity index (χ0) is 16.8. The molecule has 1 saturated heterocycles. The lowest BCUT2D eigenvalue weighted by molar-refractivity contribution is -0.113. The summed E-state index contributed by atoms with van der Waals surface area (Å²) in [6.45, 7) is 1.92. The number of amides is 1. The number of benzene rings is 1. The van der Waals surface area contributed by atoms with Gasteiger partial charge in [-0.1, -0.05) is 35.5 Å². The van der Waals surface area contributed by atoms with Crippen molar-refractivity contribution >= 4 is 52.5 Å². The van der Waals surface area contributed by atoms with E-state index in [1.165, 1.54) is 11.8 Å². The highest BCUT2D eigenvalue weighted by Crippen LogP contribution is 2.28. The van der Waals surface area contributed by atoms with E-state index < -0.39 is 0 Å². The first-order chi connectivity index (χ1) is 11.7. The van der Waals surface area contributed by atoms with Crippen molar-refractivity contribution < 1.29 is 4.79 Å². The zero-order valence-corrected chi connectivity index (χ0v) is 15.3. The first-order valence-electron chi connectivity index (χ1n) is 7.55. The van der Waals surface area contributed by atoms with Crippen LogP contribution in [0.5, 0.6) is 0 Å². The van der Waals surface area contributed by atoms with Gasteiger partial charge in [-0.25, -0.2) is 9.97 Å². The number of aromatic nitrogens is 2. The molecular weight excluding hydrogens is 364 g/mol. The third-order valence-corrected chi connectivity index (χ3v) is 5.69. The van der Waals surface area contributed by atoms with Crippen molar-refractivity contribution in [3.8, 4) is 0 Å². The summed E-state index contributed by atoms with van der Waals surface area (Å²) in [6, 6.07) is 7.20. The Bertz CT molecular complexity index is 710. The van der Waals surface area contributed by atoms with Crippen molar-refractivity contribution in [2.24, 2.45) is 0 Å². The second kappa shape index (κ2) is 8.60. The second-order valence-corrected chi connectivity index (χ2v) is 7.70. The minimum absolute atomic E-state index is 0.112. The van der Waals surface area contributed by atoms with E-state index in [1.807, 2.05) is 23.9 Å². The predicted molar refractivity (Wildman–Crippen MR) is 102 cm³/mol. The van der Waals surface area contributed by atoms with E-state index in [9.17, 15) is 4.79 Å². The summed E-state index contributed by atoms with van der Waals surface area (Å²) in [5.74, 6) is 3.20. The summed E-state index contributed by atoms with van der Waals surface area (Å²) in [5.41, 5.74) is 0.622. The maximum absolute atomic E-state index is 12.2. The van der Waals surface area contributed by atoms with Gasteiger partial charge in [0, 0.05) is 37.0 Å². The van der Waals surface area contributed by atoms with Crippen molar-refractivity contribution in [3.05, 3.63) is 41.7 Å². The Morgan fingerprint density at radius 2 is 2.00 bits per heavy atom. The van der Waals surface area contributed by atoms with Gasteiger partial charge < -0.3 is 10.2 Å². The highest BCUT2D eigenvalue weighted by molar-refractivity contribution is 8.00. The number of nitrogens with zero attached hydrogens (tertiary/aromatic N) is 3. The highest BCUT2D eigenvalue weighted by Gasteiger charge is 2.18. The van der Waals surface area contributed by atoms with Crippen molar-refractivity contribution in [1.82, 2.24) is 9.97 Å². The third-order valence-electron chi connectivity index (χ3n) is 3.45. The van der Waals surface area contributed by atoms with Gasteiger partial charge in [-0.2, -0.15) is 11.8 Å². The van der Waals surface area contributed by atoms with Crippen LogP contribution in [-0.4, -0.2) is 46.2 Å². The van der Waals surface area contributed by atoms with E-state index >= 15 is 0 Å². The van der Waals surface area contributed by atoms with E-state index in [-0.39, 0.29) is 11.7 Å². The Hall–Kier alpha value is -1.44. The topological polar surface area (TPSA) is 58.1 Å². The molecule has 1 amide bonds. The van der Waals surface area contributed by atoms with E-state index in [0.717, 1.165) is 35.4 Å². The zero-order valence-electron chi connectivity index (χ0n) is 12.9. The lowest BCUT2D eigenvalue weighted by Crippen LogP contribution is -2.33. The number of thioether (sulfide) groups is 2.